The predicted octanol–water partition coefficient (Wildman–Crippen LogP) is 2.62. The van der Waals surface area contributed by atoms with E-state index in [0.29, 0.717) is 6.54 Å². The summed E-state index contributed by atoms with van der Waals surface area (Å²) in [6.07, 6.45) is 0. The molecule has 0 saturated heterocycles. The molecule has 0 bridgehead atoms. The van der Waals surface area contributed by atoms with Gasteiger partial charge in [0, 0.05) is 12.6 Å². The molecule has 2 rings (SSSR count). The smallest absolute Gasteiger partial charge is 0.132 e. The van der Waals surface area contributed by atoms with Gasteiger partial charge >= 0.3 is 0 Å². The lowest BCUT2D eigenvalue weighted by Crippen LogP contribution is -2.05. The summed E-state index contributed by atoms with van der Waals surface area (Å²) in [7, 11) is 1.98. The van der Waals surface area contributed by atoms with E-state index in [1.807, 2.05) is 11.6 Å². The van der Waals surface area contributed by atoms with Crippen LogP contribution in [0.15, 0.2) is 28.9 Å². The number of aryl methyl sites for hydroxylation is 1. The van der Waals surface area contributed by atoms with Crippen molar-refractivity contribution in [1.82, 2.24) is 9.55 Å². The van der Waals surface area contributed by atoms with E-state index in [4.69, 9.17) is 5.73 Å². The molecule has 0 unspecified atom stereocenters. The fourth-order valence-corrected chi connectivity index (χ4v) is 2.42. The van der Waals surface area contributed by atoms with Crippen molar-refractivity contribution >= 4 is 15.9 Å². The molecular weight excluding hydrogens is 266 g/mol. The van der Waals surface area contributed by atoms with Crippen LogP contribution >= 0.6 is 15.9 Å². The topological polar surface area (TPSA) is 43.8 Å². The number of nitrogens with zero attached hydrogens (tertiary/aromatic N) is 2. The Morgan fingerprint density at radius 3 is 2.44 bits per heavy atom. The first kappa shape index (κ1) is 11.4. The predicted molar refractivity (Wildman–Crippen MR) is 69.0 cm³/mol. The van der Waals surface area contributed by atoms with Crippen LogP contribution in [0.3, 0.4) is 0 Å². The highest BCUT2D eigenvalue weighted by Gasteiger charge is 2.12. The van der Waals surface area contributed by atoms with Crippen LogP contribution in [-0.4, -0.2) is 9.55 Å². The van der Waals surface area contributed by atoms with Gasteiger partial charge in [0.2, 0.25) is 0 Å². The molecule has 0 atom stereocenters. The molecule has 84 valence electrons. The maximum absolute atomic E-state index is 5.63. The third kappa shape index (κ3) is 1.90. The molecule has 2 N–H and O–H groups in total. The van der Waals surface area contributed by atoms with Crippen molar-refractivity contribution in [3.8, 4) is 11.3 Å². The second-order valence-corrected chi connectivity index (χ2v) is 4.55. The summed E-state index contributed by atoms with van der Waals surface area (Å²) in [6.45, 7) is 2.52. The first-order chi connectivity index (χ1) is 7.63. The zero-order valence-corrected chi connectivity index (χ0v) is 11.0. The van der Waals surface area contributed by atoms with E-state index >= 15 is 0 Å². The lowest BCUT2D eigenvalue weighted by atomic mass is 10.1. The summed E-state index contributed by atoms with van der Waals surface area (Å²) in [6, 6.07) is 8.38. The number of benzene rings is 1. The van der Waals surface area contributed by atoms with Gasteiger partial charge in [-0.3, -0.25) is 0 Å². The van der Waals surface area contributed by atoms with Gasteiger partial charge in [-0.2, -0.15) is 0 Å². The van der Waals surface area contributed by atoms with Crippen molar-refractivity contribution in [1.29, 1.82) is 0 Å². The van der Waals surface area contributed by atoms with Crippen molar-refractivity contribution in [2.75, 3.05) is 0 Å². The quantitative estimate of drug-likeness (QED) is 0.919. The van der Waals surface area contributed by atoms with Gasteiger partial charge in [0.05, 0.1) is 12.2 Å². The third-order valence-electron chi connectivity index (χ3n) is 2.65. The zero-order valence-electron chi connectivity index (χ0n) is 9.37. The van der Waals surface area contributed by atoms with E-state index in [9.17, 15) is 0 Å². The number of halogens is 1. The SMILES string of the molecule is Cc1ccc(-c2c(Br)nc(CN)n2C)cc1. The van der Waals surface area contributed by atoms with E-state index < -0.39 is 0 Å². The molecule has 0 aliphatic rings. The summed E-state index contributed by atoms with van der Waals surface area (Å²) in [5.74, 6) is 0.877. The van der Waals surface area contributed by atoms with Crippen LogP contribution in [0.5, 0.6) is 0 Å². The lowest BCUT2D eigenvalue weighted by molar-refractivity contribution is 0.798. The van der Waals surface area contributed by atoms with Crippen molar-refractivity contribution in [3.05, 3.63) is 40.3 Å². The molecule has 1 aromatic heterocycles. The second kappa shape index (κ2) is 4.39. The van der Waals surface area contributed by atoms with Gasteiger partial charge in [-0.05, 0) is 22.9 Å². The van der Waals surface area contributed by atoms with Crippen LogP contribution in [0.1, 0.15) is 11.4 Å². The zero-order chi connectivity index (χ0) is 11.7. The second-order valence-electron chi connectivity index (χ2n) is 3.80. The molecule has 3 nitrogen and oxygen atoms in total. The van der Waals surface area contributed by atoms with E-state index in [1.54, 1.807) is 0 Å². The van der Waals surface area contributed by atoms with Gasteiger partial charge in [0.15, 0.2) is 0 Å². The normalized spacial score (nSPS) is 10.8. The number of imidazole rings is 1. The van der Waals surface area contributed by atoms with Crippen LogP contribution in [-0.2, 0) is 13.6 Å². The highest BCUT2D eigenvalue weighted by molar-refractivity contribution is 9.10. The fourth-order valence-electron chi connectivity index (χ4n) is 1.72. The van der Waals surface area contributed by atoms with E-state index in [0.717, 1.165) is 21.7 Å². The number of rotatable bonds is 2. The van der Waals surface area contributed by atoms with Crippen molar-refractivity contribution in [2.45, 2.75) is 13.5 Å². The minimum absolute atomic E-state index is 0.445. The Morgan fingerprint density at radius 1 is 1.31 bits per heavy atom. The summed E-state index contributed by atoms with van der Waals surface area (Å²) >= 11 is 3.48. The maximum atomic E-state index is 5.63. The van der Waals surface area contributed by atoms with Gasteiger partial charge in [0.1, 0.15) is 10.4 Å². The maximum Gasteiger partial charge on any atom is 0.132 e. The molecule has 0 spiro atoms. The summed E-state index contributed by atoms with van der Waals surface area (Å²) in [5.41, 5.74) is 9.10. The monoisotopic (exact) mass is 279 g/mol. The molecule has 4 heteroatoms. The molecule has 0 aliphatic carbocycles. The standard InChI is InChI=1S/C12H14BrN3/c1-8-3-5-9(6-4-8)11-12(13)15-10(7-14)16(11)2/h3-6H,7,14H2,1-2H3. The van der Waals surface area contributed by atoms with Crippen molar-refractivity contribution in [2.24, 2.45) is 12.8 Å². The summed E-state index contributed by atoms with van der Waals surface area (Å²) in [5, 5.41) is 0. The number of nitrogens with two attached hydrogens (primary N) is 1. The first-order valence-corrected chi connectivity index (χ1v) is 5.91. The Kier molecular flexibility index (Phi) is 3.12. The molecule has 1 aromatic carbocycles. The Labute approximate surface area is 103 Å². The third-order valence-corrected chi connectivity index (χ3v) is 3.21. The highest BCUT2D eigenvalue weighted by atomic mass is 79.9. The molecule has 2 aromatic rings. The van der Waals surface area contributed by atoms with E-state index in [2.05, 4.69) is 52.1 Å². The molecule has 0 fully saturated rings. The minimum atomic E-state index is 0.445. The van der Waals surface area contributed by atoms with Crippen molar-refractivity contribution in [3.63, 3.8) is 0 Å². The van der Waals surface area contributed by atoms with Gasteiger partial charge in [0.25, 0.3) is 0 Å². The van der Waals surface area contributed by atoms with Gasteiger partial charge < -0.3 is 10.3 Å². The summed E-state index contributed by atoms with van der Waals surface area (Å²) in [4.78, 5) is 4.38. The van der Waals surface area contributed by atoms with Crippen LogP contribution in [0.4, 0.5) is 0 Å². The van der Waals surface area contributed by atoms with Crippen LogP contribution in [0.25, 0.3) is 11.3 Å². The molecule has 0 saturated carbocycles. The fraction of sp³-hybridized carbons (Fsp3) is 0.250. The largest absolute Gasteiger partial charge is 0.329 e. The highest BCUT2D eigenvalue weighted by Crippen LogP contribution is 2.28. The molecule has 1 heterocycles. The first-order valence-electron chi connectivity index (χ1n) is 5.11. The minimum Gasteiger partial charge on any atom is -0.329 e. The molecule has 0 aliphatic heterocycles. The van der Waals surface area contributed by atoms with E-state index in [-0.39, 0.29) is 0 Å². The number of hydrogen-bond donors (Lipinski definition) is 1. The van der Waals surface area contributed by atoms with Crippen LogP contribution in [0, 0.1) is 6.92 Å². The van der Waals surface area contributed by atoms with Crippen LogP contribution in [0.2, 0.25) is 0 Å². The van der Waals surface area contributed by atoms with E-state index in [1.165, 1.54) is 5.56 Å². The molecule has 16 heavy (non-hydrogen) atoms. The Morgan fingerprint density at radius 2 is 1.94 bits per heavy atom. The molecular formula is C12H14BrN3. The van der Waals surface area contributed by atoms with Crippen molar-refractivity contribution < 1.29 is 0 Å². The lowest BCUT2D eigenvalue weighted by Gasteiger charge is -2.05. The molecule has 0 amide bonds. The summed E-state index contributed by atoms with van der Waals surface area (Å²) < 4.78 is 2.87. The Hall–Kier alpha value is -1.13. The van der Waals surface area contributed by atoms with Gasteiger partial charge in [-0.15, -0.1) is 0 Å². The van der Waals surface area contributed by atoms with Crippen LogP contribution < -0.4 is 5.73 Å². The average molecular weight is 280 g/mol. The average Bonchev–Trinajstić information content (AvgIpc) is 2.56. The Balaban J connectivity index is 2.55. The molecule has 0 radical (unpaired) electrons. The van der Waals surface area contributed by atoms with Gasteiger partial charge in [-0.25, -0.2) is 4.98 Å². The number of hydrogen-bond acceptors (Lipinski definition) is 2. The number of aromatic nitrogens is 2. The van der Waals surface area contributed by atoms with Gasteiger partial charge in [-0.1, -0.05) is 29.8 Å². The Bertz CT molecular complexity index is 500.